The summed E-state index contributed by atoms with van der Waals surface area (Å²) in [7, 11) is -1.48. The van der Waals surface area contributed by atoms with Crippen LogP contribution in [-0.4, -0.2) is 28.9 Å². The number of amidine groups is 1. The van der Waals surface area contributed by atoms with Gasteiger partial charge in [0.15, 0.2) is 0 Å². The van der Waals surface area contributed by atoms with Crippen molar-refractivity contribution in [1.29, 1.82) is 0 Å². The van der Waals surface area contributed by atoms with Crippen molar-refractivity contribution < 1.29 is 14.8 Å². The molecular weight excluding hydrogens is 290 g/mol. The molecule has 108 valence electrons. The molecule has 0 bridgehead atoms. The predicted octanol–water partition coefficient (Wildman–Crippen LogP) is 1.39. The first-order chi connectivity index (χ1) is 10.1. The average molecular weight is 305 g/mol. The highest BCUT2D eigenvalue weighted by molar-refractivity contribution is 6.58. The molecule has 0 unspecified atom stereocenters. The molecule has 0 atom stereocenters. The van der Waals surface area contributed by atoms with Crippen LogP contribution < -0.4 is 15.9 Å². The van der Waals surface area contributed by atoms with Crippen LogP contribution in [0.2, 0.25) is 0 Å². The predicted molar refractivity (Wildman–Crippen MR) is 84.8 cm³/mol. The molecule has 0 saturated carbocycles. The second-order valence-electron chi connectivity index (χ2n) is 4.28. The number of nitrogens with two attached hydrogens (primary N) is 1. The Morgan fingerprint density at radius 1 is 1.05 bits per heavy atom. The van der Waals surface area contributed by atoms with E-state index in [0.29, 0.717) is 28.5 Å². The Hall–Kier alpha value is -2.02. The van der Waals surface area contributed by atoms with E-state index in [2.05, 4.69) is 4.99 Å². The maximum Gasteiger partial charge on any atom is 0.488 e. The van der Waals surface area contributed by atoms with Crippen LogP contribution in [-0.2, 0) is 0 Å². The van der Waals surface area contributed by atoms with Gasteiger partial charge in [-0.15, -0.1) is 11.6 Å². The van der Waals surface area contributed by atoms with Crippen LogP contribution in [0.25, 0.3) is 0 Å². The number of halogens is 1. The van der Waals surface area contributed by atoms with Gasteiger partial charge in [0, 0.05) is 0 Å². The third kappa shape index (κ3) is 4.49. The van der Waals surface area contributed by atoms with Gasteiger partial charge in [0.25, 0.3) is 0 Å². The standard InChI is InChI=1S/C14H14BClN2O3/c16-9-14(17)18-11-3-7-13(8-4-11)21-12-5-1-10(2-6-12)15(19)20/h1-8,19-20H,9H2,(H2,17,18). The van der Waals surface area contributed by atoms with Crippen molar-refractivity contribution in [2.24, 2.45) is 10.7 Å². The average Bonchev–Trinajstić information content (AvgIpc) is 2.49. The fourth-order valence-corrected chi connectivity index (χ4v) is 1.69. The summed E-state index contributed by atoms with van der Waals surface area (Å²) in [6.07, 6.45) is 0. The van der Waals surface area contributed by atoms with Gasteiger partial charge in [-0.05, 0) is 41.9 Å². The highest BCUT2D eigenvalue weighted by Gasteiger charge is 2.10. The second-order valence-corrected chi connectivity index (χ2v) is 4.54. The fourth-order valence-electron chi connectivity index (χ4n) is 1.63. The van der Waals surface area contributed by atoms with Crippen molar-refractivity contribution in [3.05, 3.63) is 48.5 Å². The summed E-state index contributed by atoms with van der Waals surface area (Å²) in [6.45, 7) is 0. The molecule has 0 aromatic heterocycles. The summed E-state index contributed by atoms with van der Waals surface area (Å²) in [4.78, 5) is 4.11. The Kier molecular flexibility index (Phi) is 5.22. The zero-order valence-corrected chi connectivity index (χ0v) is 11.9. The third-order valence-electron chi connectivity index (χ3n) is 2.66. The van der Waals surface area contributed by atoms with Gasteiger partial charge < -0.3 is 20.5 Å². The third-order valence-corrected chi connectivity index (χ3v) is 2.93. The Labute approximate surface area is 127 Å². The van der Waals surface area contributed by atoms with E-state index in [-0.39, 0.29) is 5.88 Å². The first-order valence-electron chi connectivity index (χ1n) is 6.21. The van der Waals surface area contributed by atoms with Crippen molar-refractivity contribution in [2.45, 2.75) is 0 Å². The molecule has 0 amide bonds. The number of ether oxygens (including phenoxy) is 1. The van der Waals surface area contributed by atoms with Crippen molar-refractivity contribution in [2.75, 3.05) is 5.88 Å². The molecule has 4 N–H and O–H groups in total. The van der Waals surface area contributed by atoms with Gasteiger partial charge in [-0.2, -0.15) is 0 Å². The number of hydrogen-bond donors (Lipinski definition) is 3. The van der Waals surface area contributed by atoms with Crippen molar-refractivity contribution in [3.63, 3.8) is 0 Å². The SMILES string of the molecule is NC(CCl)=Nc1ccc(Oc2ccc(B(O)O)cc2)cc1. The summed E-state index contributed by atoms with van der Waals surface area (Å²) in [5, 5.41) is 18.0. The van der Waals surface area contributed by atoms with Gasteiger partial charge in [-0.1, -0.05) is 12.1 Å². The molecule has 0 aliphatic carbocycles. The normalized spacial score (nSPS) is 11.3. The molecule has 0 heterocycles. The van der Waals surface area contributed by atoms with Crippen LogP contribution in [0, 0.1) is 0 Å². The van der Waals surface area contributed by atoms with Crippen LogP contribution in [0.1, 0.15) is 0 Å². The lowest BCUT2D eigenvalue weighted by molar-refractivity contribution is 0.425. The van der Waals surface area contributed by atoms with E-state index in [9.17, 15) is 0 Å². The topological polar surface area (TPSA) is 88.1 Å². The van der Waals surface area contributed by atoms with E-state index in [0.717, 1.165) is 0 Å². The molecular formula is C14H14BClN2O3. The zero-order valence-electron chi connectivity index (χ0n) is 11.1. The molecule has 2 aromatic carbocycles. The first-order valence-corrected chi connectivity index (χ1v) is 6.75. The fraction of sp³-hybridized carbons (Fsp3) is 0.0714. The number of hydrogen-bond acceptors (Lipinski definition) is 4. The molecule has 0 aliphatic heterocycles. The summed E-state index contributed by atoms with van der Waals surface area (Å²) >= 11 is 5.56. The van der Waals surface area contributed by atoms with E-state index in [1.165, 1.54) is 0 Å². The molecule has 2 rings (SSSR count). The Morgan fingerprint density at radius 3 is 2.05 bits per heavy atom. The smallest absolute Gasteiger partial charge is 0.457 e. The Balaban J connectivity index is 2.06. The molecule has 0 fully saturated rings. The van der Waals surface area contributed by atoms with E-state index in [4.69, 9.17) is 32.1 Å². The van der Waals surface area contributed by atoms with Gasteiger partial charge in [0.2, 0.25) is 0 Å². The Morgan fingerprint density at radius 2 is 1.57 bits per heavy atom. The van der Waals surface area contributed by atoms with E-state index >= 15 is 0 Å². The van der Waals surface area contributed by atoms with Crippen molar-refractivity contribution >= 4 is 35.7 Å². The number of aliphatic imine (C=N–C) groups is 1. The Bertz CT molecular complexity index is 615. The van der Waals surface area contributed by atoms with Gasteiger partial charge in [0.1, 0.15) is 17.3 Å². The maximum absolute atomic E-state index is 9.01. The first kappa shape index (κ1) is 15.4. The lowest BCUT2D eigenvalue weighted by atomic mass is 9.80. The highest BCUT2D eigenvalue weighted by atomic mass is 35.5. The van der Waals surface area contributed by atoms with Gasteiger partial charge >= 0.3 is 7.12 Å². The minimum atomic E-state index is -1.48. The van der Waals surface area contributed by atoms with Gasteiger partial charge in [0.05, 0.1) is 11.6 Å². The lowest BCUT2D eigenvalue weighted by Gasteiger charge is -2.07. The largest absolute Gasteiger partial charge is 0.488 e. The minimum absolute atomic E-state index is 0.182. The summed E-state index contributed by atoms with van der Waals surface area (Å²) in [5.41, 5.74) is 6.65. The summed E-state index contributed by atoms with van der Waals surface area (Å²) in [5.74, 6) is 1.76. The van der Waals surface area contributed by atoms with Gasteiger partial charge in [-0.25, -0.2) is 4.99 Å². The molecule has 0 spiro atoms. The maximum atomic E-state index is 9.01. The molecule has 7 heteroatoms. The van der Waals surface area contributed by atoms with Crippen LogP contribution in [0.3, 0.4) is 0 Å². The molecule has 2 aromatic rings. The number of nitrogens with zero attached hydrogens (tertiary/aromatic N) is 1. The summed E-state index contributed by atoms with van der Waals surface area (Å²) in [6, 6.07) is 13.5. The number of benzene rings is 2. The number of rotatable bonds is 5. The van der Waals surface area contributed by atoms with Crippen LogP contribution in [0.15, 0.2) is 53.5 Å². The highest BCUT2D eigenvalue weighted by Crippen LogP contribution is 2.23. The van der Waals surface area contributed by atoms with Crippen LogP contribution >= 0.6 is 11.6 Å². The minimum Gasteiger partial charge on any atom is -0.457 e. The van der Waals surface area contributed by atoms with Crippen molar-refractivity contribution in [3.8, 4) is 11.5 Å². The van der Waals surface area contributed by atoms with E-state index in [1.807, 2.05) is 0 Å². The number of alkyl halides is 1. The van der Waals surface area contributed by atoms with Crippen molar-refractivity contribution in [1.82, 2.24) is 0 Å². The van der Waals surface area contributed by atoms with Gasteiger partial charge in [-0.3, -0.25) is 0 Å². The van der Waals surface area contributed by atoms with Crippen LogP contribution in [0.4, 0.5) is 5.69 Å². The molecule has 5 nitrogen and oxygen atoms in total. The quantitative estimate of drug-likeness (QED) is 0.337. The molecule has 0 aliphatic rings. The zero-order chi connectivity index (χ0) is 15.2. The van der Waals surface area contributed by atoms with E-state index in [1.54, 1.807) is 48.5 Å². The summed E-state index contributed by atoms with van der Waals surface area (Å²) < 4.78 is 5.63. The monoisotopic (exact) mass is 304 g/mol. The van der Waals surface area contributed by atoms with E-state index < -0.39 is 7.12 Å². The van der Waals surface area contributed by atoms with Crippen LogP contribution in [0.5, 0.6) is 11.5 Å². The lowest BCUT2D eigenvalue weighted by Crippen LogP contribution is -2.29. The molecule has 21 heavy (non-hydrogen) atoms. The molecule has 0 radical (unpaired) electrons. The second kappa shape index (κ2) is 7.13. The molecule has 0 saturated heterocycles.